The Labute approximate surface area is 147 Å². The van der Waals surface area contributed by atoms with Crippen molar-refractivity contribution in [2.45, 2.75) is 31.8 Å². The molecule has 0 spiro atoms. The minimum atomic E-state index is -0.0727. The number of hydrogen-bond acceptors (Lipinski definition) is 4. The van der Waals surface area contributed by atoms with Crippen LogP contribution < -0.4 is 10.1 Å². The van der Waals surface area contributed by atoms with Crippen LogP contribution in [0.15, 0.2) is 41.8 Å². The fourth-order valence-electron chi connectivity index (χ4n) is 3.39. The first-order valence-corrected chi connectivity index (χ1v) is 9.26. The predicted molar refractivity (Wildman–Crippen MR) is 97.4 cm³/mol. The van der Waals surface area contributed by atoms with Gasteiger partial charge in [0.1, 0.15) is 5.75 Å². The molecule has 2 aromatic rings. The molecule has 4 nitrogen and oxygen atoms in total. The number of hydrogen-bond donors (Lipinski definition) is 1. The molecule has 1 aliphatic heterocycles. The number of methoxy groups -OCH3 is 1. The summed E-state index contributed by atoms with van der Waals surface area (Å²) in [4.78, 5) is 16.2. The number of thiophene rings is 1. The summed E-state index contributed by atoms with van der Waals surface area (Å²) in [6.45, 7) is 3.43. The molecule has 128 valence electrons. The van der Waals surface area contributed by atoms with Gasteiger partial charge < -0.3 is 10.1 Å². The van der Waals surface area contributed by atoms with Gasteiger partial charge in [-0.05, 0) is 43.8 Å². The molecule has 1 amide bonds. The summed E-state index contributed by atoms with van der Waals surface area (Å²) in [5.74, 6) is 0.875. The number of ether oxygens (including phenoxy) is 1. The maximum absolute atomic E-state index is 12.5. The first kappa shape index (κ1) is 17.0. The SMILES string of the molecule is COc1ccccc1C(C)NC(=O)CN1CCCC1c1cccs1. The number of para-hydroxylation sites is 1. The van der Waals surface area contributed by atoms with Gasteiger partial charge in [-0.1, -0.05) is 24.3 Å². The Morgan fingerprint density at radius 2 is 2.21 bits per heavy atom. The first-order chi connectivity index (χ1) is 11.7. The van der Waals surface area contributed by atoms with Crippen LogP contribution in [0.2, 0.25) is 0 Å². The van der Waals surface area contributed by atoms with Crippen LogP contribution in [0.3, 0.4) is 0 Å². The van der Waals surface area contributed by atoms with E-state index in [0.717, 1.165) is 30.7 Å². The fourth-order valence-corrected chi connectivity index (χ4v) is 4.29. The van der Waals surface area contributed by atoms with Crippen LogP contribution in [0, 0.1) is 0 Å². The number of carbonyl (C=O) groups is 1. The molecular formula is C19H24N2O2S. The standard InChI is InChI=1S/C19H24N2O2S/c1-14(15-7-3-4-9-17(15)23-2)20-19(22)13-21-11-5-8-16(21)18-10-6-12-24-18/h3-4,6-7,9-10,12,14,16H,5,8,11,13H2,1-2H3,(H,20,22). The van der Waals surface area contributed by atoms with Crippen LogP contribution >= 0.6 is 11.3 Å². The maximum Gasteiger partial charge on any atom is 0.234 e. The van der Waals surface area contributed by atoms with Crippen molar-refractivity contribution in [1.29, 1.82) is 0 Å². The zero-order valence-corrected chi connectivity index (χ0v) is 15.0. The molecule has 5 heteroatoms. The number of likely N-dealkylation sites (tertiary alicyclic amines) is 1. The van der Waals surface area contributed by atoms with Crippen LogP contribution in [0.1, 0.15) is 42.3 Å². The van der Waals surface area contributed by atoms with E-state index in [1.165, 1.54) is 4.88 Å². The van der Waals surface area contributed by atoms with Crippen LogP contribution in [0.25, 0.3) is 0 Å². The summed E-state index contributed by atoms with van der Waals surface area (Å²) in [5.41, 5.74) is 1.00. The summed E-state index contributed by atoms with van der Waals surface area (Å²) >= 11 is 1.78. The van der Waals surface area contributed by atoms with E-state index in [1.54, 1.807) is 18.4 Å². The van der Waals surface area contributed by atoms with Crippen molar-refractivity contribution in [3.63, 3.8) is 0 Å². The van der Waals surface area contributed by atoms with Crippen molar-refractivity contribution in [1.82, 2.24) is 10.2 Å². The summed E-state index contributed by atoms with van der Waals surface area (Å²) < 4.78 is 5.39. The Morgan fingerprint density at radius 1 is 1.38 bits per heavy atom. The lowest BCUT2D eigenvalue weighted by Gasteiger charge is -2.24. The Morgan fingerprint density at radius 3 is 2.96 bits per heavy atom. The lowest BCUT2D eigenvalue weighted by Crippen LogP contribution is -2.38. The molecule has 2 unspecified atom stereocenters. The smallest absolute Gasteiger partial charge is 0.234 e. The molecule has 1 aromatic heterocycles. The van der Waals surface area contributed by atoms with Gasteiger partial charge in [0.15, 0.2) is 0 Å². The third-order valence-electron chi connectivity index (χ3n) is 4.56. The van der Waals surface area contributed by atoms with Gasteiger partial charge in [-0.2, -0.15) is 0 Å². The fraction of sp³-hybridized carbons (Fsp3) is 0.421. The largest absolute Gasteiger partial charge is 0.496 e. The lowest BCUT2D eigenvalue weighted by molar-refractivity contribution is -0.123. The van der Waals surface area contributed by atoms with Crippen molar-refractivity contribution in [2.75, 3.05) is 20.2 Å². The highest BCUT2D eigenvalue weighted by atomic mass is 32.1. The van der Waals surface area contributed by atoms with E-state index >= 15 is 0 Å². The van der Waals surface area contributed by atoms with Gasteiger partial charge in [-0.15, -0.1) is 11.3 Å². The van der Waals surface area contributed by atoms with E-state index in [0.29, 0.717) is 12.6 Å². The van der Waals surface area contributed by atoms with Crippen LogP contribution in [0.5, 0.6) is 5.75 Å². The number of benzene rings is 1. The Bertz CT molecular complexity index is 672. The minimum Gasteiger partial charge on any atom is -0.496 e. The highest BCUT2D eigenvalue weighted by molar-refractivity contribution is 7.10. The zero-order valence-electron chi connectivity index (χ0n) is 14.2. The van der Waals surface area contributed by atoms with Gasteiger partial charge >= 0.3 is 0 Å². The number of amides is 1. The molecule has 1 saturated heterocycles. The molecule has 1 N–H and O–H groups in total. The van der Waals surface area contributed by atoms with E-state index in [4.69, 9.17) is 4.74 Å². The summed E-state index contributed by atoms with van der Waals surface area (Å²) in [5, 5.41) is 5.21. The number of nitrogens with zero attached hydrogens (tertiary/aromatic N) is 1. The topological polar surface area (TPSA) is 41.6 Å². The van der Waals surface area contributed by atoms with Crippen molar-refractivity contribution in [3.8, 4) is 5.75 Å². The van der Waals surface area contributed by atoms with E-state index in [9.17, 15) is 4.79 Å². The summed E-state index contributed by atoms with van der Waals surface area (Å²) in [6, 6.07) is 12.4. The molecule has 24 heavy (non-hydrogen) atoms. The molecule has 2 heterocycles. The normalized spacial score (nSPS) is 19.2. The molecule has 0 aliphatic carbocycles. The molecule has 1 aromatic carbocycles. The Hall–Kier alpha value is -1.85. The molecule has 1 fully saturated rings. The van der Waals surface area contributed by atoms with Crippen LogP contribution in [0.4, 0.5) is 0 Å². The van der Waals surface area contributed by atoms with Crippen LogP contribution in [-0.4, -0.2) is 31.0 Å². The molecule has 1 aliphatic rings. The Balaban J connectivity index is 1.61. The monoisotopic (exact) mass is 344 g/mol. The van der Waals surface area contributed by atoms with Crippen LogP contribution in [-0.2, 0) is 4.79 Å². The number of carbonyl (C=O) groups excluding carboxylic acids is 1. The third kappa shape index (κ3) is 3.79. The quantitative estimate of drug-likeness (QED) is 0.867. The summed E-state index contributed by atoms with van der Waals surface area (Å²) in [6.07, 6.45) is 2.29. The predicted octanol–water partition coefficient (Wildman–Crippen LogP) is 3.77. The highest BCUT2D eigenvalue weighted by Crippen LogP contribution is 2.34. The molecule has 0 saturated carbocycles. The highest BCUT2D eigenvalue weighted by Gasteiger charge is 2.28. The van der Waals surface area contributed by atoms with Gasteiger partial charge in [0.05, 0.1) is 19.7 Å². The zero-order chi connectivity index (χ0) is 16.9. The van der Waals surface area contributed by atoms with E-state index in [2.05, 4.69) is 27.7 Å². The molecule has 2 atom stereocenters. The van der Waals surface area contributed by atoms with Crippen molar-refractivity contribution in [3.05, 3.63) is 52.2 Å². The third-order valence-corrected chi connectivity index (χ3v) is 5.54. The minimum absolute atomic E-state index is 0.0665. The van der Waals surface area contributed by atoms with Crippen molar-refractivity contribution >= 4 is 17.2 Å². The average Bonchev–Trinajstić information content (AvgIpc) is 3.25. The van der Waals surface area contributed by atoms with Gasteiger partial charge in [0.2, 0.25) is 5.91 Å². The second-order valence-electron chi connectivity index (χ2n) is 6.18. The average molecular weight is 344 g/mol. The lowest BCUT2D eigenvalue weighted by atomic mass is 10.1. The van der Waals surface area contributed by atoms with Gasteiger partial charge in [-0.25, -0.2) is 0 Å². The second kappa shape index (κ2) is 7.81. The number of nitrogens with one attached hydrogen (secondary N) is 1. The first-order valence-electron chi connectivity index (χ1n) is 8.38. The van der Waals surface area contributed by atoms with Gasteiger partial charge in [0.25, 0.3) is 0 Å². The van der Waals surface area contributed by atoms with E-state index in [1.807, 2.05) is 31.2 Å². The van der Waals surface area contributed by atoms with E-state index in [-0.39, 0.29) is 11.9 Å². The second-order valence-corrected chi connectivity index (χ2v) is 7.15. The number of rotatable bonds is 6. The molecule has 0 bridgehead atoms. The van der Waals surface area contributed by atoms with Gasteiger partial charge in [-0.3, -0.25) is 9.69 Å². The van der Waals surface area contributed by atoms with Gasteiger partial charge in [0, 0.05) is 16.5 Å². The summed E-state index contributed by atoms with van der Waals surface area (Å²) in [7, 11) is 1.66. The maximum atomic E-state index is 12.5. The van der Waals surface area contributed by atoms with E-state index < -0.39 is 0 Å². The van der Waals surface area contributed by atoms with Crippen molar-refractivity contribution in [2.24, 2.45) is 0 Å². The van der Waals surface area contributed by atoms with Crippen molar-refractivity contribution < 1.29 is 9.53 Å². The Kier molecular flexibility index (Phi) is 5.53. The molecule has 3 rings (SSSR count). The molecule has 0 radical (unpaired) electrons. The molecular weight excluding hydrogens is 320 g/mol.